The van der Waals surface area contributed by atoms with Gasteiger partial charge in [0.15, 0.2) is 0 Å². The van der Waals surface area contributed by atoms with Crippen molar-refractivity contribution in [1.29, 1.82) is 0 Å². The fourth-order valence-electron chi connectivity index (χ4n) is 4.67. The molecule has 0 aromatic rings. The molecule has 0 rings (SSSR count). The van der Waals surface area contributed by atoms with Gasteiger partial charge in [-0.05, 0) is 0 Å². The maximum atomic E-state index is 13.4. The Morgan fingerprint density at radius 1 is 0.350 bits per heavy atom. The SMILES string of the molecule is CC(C)(C)C(=O)CC(=O)C(C)(C)[CH2][Ga]([CH2]C(C)(C)C(=O)CC(=O)C(C)(C)C)[CH2]C(C)(C)C(=O)CC(=O)C(C)(C)C. The first-order valence-corrected chi connectivity index (χ1v) is 19.8. The van der Waals surface area contributed by atoms with Crippen molar-refractivity contribution in [3.63, 3.8) is 0 Å². The summed E-state index contributed by atoms with van der Waals surface area (Å²) in [6.45, 7) is 27.4. The molecule has 0 amide bonds. The maximum absolute atomic E-state index is 13.4. The zero-order valence-electron chi connectivity index (χ0n) is 28.3. The predicted octanol–water partition coefficient (Wildman–Crippen LogP) is 7.28. The van der Waals surface area contributed by atoms with Crippen molar-refractivity contribution < 1.29 is 28.8 Å². The molecule has 40 heavy (non-hydrogen) atoms. The van der Waals surface area contributed by atoms with Crippen LogP contribution in [0.4, 0.5) is 0 Å². The molecule has 228 valence electrons. The third-order valence-corrected chi connectivity index (χ3v) is 18.2. The summed E-state index contributed by atoms with van der Waals surface area (Å²) in [7, 11) is 0. The Bertz CT molecular complexity index is 865. The van der Waals surface area contributed by atoms with Crippen LogP contribution in [0.3, 0.4) is 0 Å². The monoisotopic (exact) mass is 618 g/mol. The van der Waals surface area contributed by atoms with Gasteiger partial charge in [-0.25, -0.2) is 0 Å². The second-order valence-electron chi connectivity index (χ2n) is 16.9. The van der Waals surface area contributed by atoms with Gasteiger partial charge in [0.05, 0.1) is 0 Å². The van der Waals surface area contributed by atoms with Crippen molar-refractivity contribution in [1.82, 2.24) is 0 Å². The van der Waals surface area contributed by atoms with Crippen LogP contribution >= 0.6 is 0 Å². The van der Waals surface area contributed by atoms with Crippen LogP contribution in [0.1, 0.15) is 123 Å². The number of carbonyl (C=O) groups is 6. The van der Waals surface area contributed by atoms with Crippen LogP contribution in [-0.4, -0.2) is 50.9 Å². The van der Waals surface area contributed by atoms with Gasteiger partial charge in [0.1, 0.15) is 0 Å². The Kier molecular flexibility index (Phi) is 12.9. The molecular weight excluding hydrogens is 562 g/mol. The van der Waals surface area contributed by atoms with Gasteiger partial charge in [-0.2, -0.15) is 0 Å². The van der Waals surface area contributed by atoms with E-state index < -0.39 is 48.7 Å². The van der Waals surface area contributed by atoms with Crippen LogP contribution in [0.15, 0.2) is 0 Å². The number of Topliss-reactive ketones (excluding diaryl/α,β-unsaturated/α-hetero) is 6. The van der Waals surface area contributed by atoms with Gasteiger partial charge in [-0.1, -0.05) is 0 Å². The third kappa shape index (κ3) is 12.3. The van der Waals surface area contributed by atoms with E-state index in [2.05, 4.69) is 0 Å². The van der Waals surface area contributed by atoms with Gasteiger partial charge in [0.25, 0.3) is 0 Å². The first-order chi connectivity index (χ1) is 17.4. The molecule has 0 fully saturated rings. The number of rotatable bonds is 15. The van der Waals surface area contributed by atoms with Crippen LogP contribution in [0.5, 0.6) is 0 Å². The van der Waals surface area contributed by atoms with Gasteiger partial charge in [-0.3, -0.25) is 0 Å². The third-order valence-electron chi connectivity index (χ3n) is 8.13. The van der Waals surface area contributed by atoms with E-state index in [1.807, 2.05) is 41.5 Å². The molecule has 0 aliphatic carbocycles. The molecule has 0 aromatic heterocycles. The summed E-state index contributed by atoms with van der Waals surface area (Å²) in [6, 6.07) is 0. The van der Waals surface area contributed by atoms with Crippen molar-refractivity contribution in [3.8, 4) is 0 Å². The van der Waals surface area contributed by atoms with Crippen LogP contribution in [0.2, 0.25) is 14.9 Å². The van der Waals surface area contributed by atoms with E-state index in [9.17, 15) is 28.8 Å². The summed E-state index contributed by atoms with van der Waals surface area (Å²) < 4.78 is 0. The zero-order valence-corrected chi connectivity index (χ0v) is 30.7. The number of ketones is 6. The van der Waals surface area contributed by atoms with Crippen LogP contribution in [-0.2, 0) is 28.8 Å². The summed E-state index contributed by atoms with van der Waals surface area (Å²) in [5.41, 5.74) is -4.21. The summed E-state index contributed by atoms with van der Waals surface area (Å²) in [5.74, 6) is -0.697. The molecule has 0 aliphatic heterocycles. The normalized spacial score (nSPS) is 13.6. The molecule has 0 saturated heterocycles. The minimum atomic E-state index is -2.66. The van der Waals surface area contributed by atoms with E-state index in [0.717, 1.165) is 0 Å². The summed E-state index contributed by atoms with van der Waals surface area (Å²) >= 11 is -2.66. The van der Waals surface area contributed by atoms with E-state index in [1.165, 1.54) is 0 Å². The van der Waals surface area contributed by atoms with Crippen LogP contribution < -0.4 is 0 Å². The van der Waals surface area contributed by atoms with Gasteiger partial charge in [-0.15, -0.1) is 0 Å². The summed E-state index contributed by atoms with van der Waals surface area (Å²) in [5, 5.41) is 0. The molecule has 6 nitrogen and oxygen atoms in total. The molecule has 0 unspecified atom stereocenters. The number of carbonyl (C=O) groups excluding carboxylic acids is 6. The average molecular weight is 620 g/mol. The van der Waals surface area contributed by atoms with Gasteiger partial charge >= 0.3 is 250 Å². The average Bonchev–Trinajstić information content (AvgIpc) is 2.70. The Morgan fingerprint density at radius 2 is 0.525 bits per heavy atom. The molecule has 0 bridgehead atoms. The summed E-state index contributed by atoms with van der Waals surface area (Å²) in [6.07, 6.45) is -0.428. The van der Waals surface area contributed by atoms with E-state index in [-0.39, 0.29) is 54.0 Å². The van der Waals surface area contributed by atoms with E-state index in [4.69, 9.17) is 0 Å². The molecular formula is C33H57GaO6. The van der Waals surface area contributed by atoms with E-state index in [1.54, 1.807) is 62.3 Å². The van der Waals surface area contributed by atoms with Gasteiger partial charge < -0.3 is 0 Å². The Labute approximate surface area is 249 Å². The zero-order chi connectivity index (χ0) is 32.3. The van der Waals surface area contributed by atoms with Crippen molar-refractivity contribution in [2.45, 2.75) is 138 Å². The molecule has 0 atom stereocenters. The Balaban J connectivity index is 6.21. The van der Waals surface area contributed by atoms with E-state index >= 15 is 0 Å². The first kappa shape index (κ1) is 38.7. The van der Waals surface area contributed by atoms with Crippen molar-refractivity contribution >= 4 is 50.9 Å². The predicted molar refractivity (Wildman–Crippen MR) is 164 cm³/mol. The van der Waals surface area contributed by atoms with E-state index in [0.29, 0.717) is 14.9 Å². The molecule has 0 radical (unpaired) electrons. The van der Waals surface area contributed by atoms with Crippen molar-refractivity contribution in [2.24, 2.45) is 32.5 Å². The van der Waals surface area contributed by atoms with Crippen LogP contribution in [0.25, 0.3) is 0 Å². The second kappa shape index (κ2) is 13.3. The van der Waals surface area contributed by atoms with Gasteiger partial charge in [0.2, 0.25) is 0 Å². The minimum absolute atomic E-state index is 0.109. The molecule has 0 spiro atoms. The topological polar surface area (TPSA) is 102 Å². The van der Waals surface area contributed by atoms with Gasteiger partial charge in [0, 0.05) is 0 Å². The number of hydrogen-bond donors (Lipinski definition) is 0. The van der Waals surface area contributed by atoms with Crippen molar-refractivity contribution in [2.75, 3.05) is 0 Å². The standard InChI is InChI=1S/3C11H19O2.Ga/c3*1-10(2,3)8(12)7-9(13)11(4,5)6;/h3*1,7H2,2-6H3;. The Hall–Kier alpha value is -1.34. The second-order valence-corrected chi connectivity index (χ2v) is 23.2. The Morgan fingerprint density at radius 3 is 0.675 bits per heavy atom. The van der Waals surface area contributed by atoms with Crippen LogP contribution in [0, 0.1) is 32.5 Å². The molecule has 0 aliphatic rings. The number of hydrogen-bond acceptors (Lipinski definition) is 6. The fourth-order valence-corrected chi connectivity index (χ4v) is 16.1. The molecule has 0 saturated carbocycles. The summed E-state index contributed by atoms with van der Waals surface area (Å²) in [4.78, 5) is 79.7. The molecule has 0 aromatic carbocycles. The van der Waals surface area contributed by atoms with Crippen molar-refractivity contribution in [3.05, 3.63) is 0 Å². The molecule has 7 heteroatoms. The molecule has 0 heterocycles. The molecule has 0 N–H and O–H groups in total. The first-order valence-electron chi connectivity index (χ1n) is 14.6. The quantitative estimate of drug-likeness (QED) is 0.141. The fraction of sp³-hybridized carbons (Fsp3) is 0.818.